The molecule has 1 aromatic carbocycles. The number of nitriles is 1. The first-order valence-corrected chi connectivity index (χ1v) is 7.32. The summed E-state index contributed by atoms with van der Waals surface area (Å²) in [7, 11) is 0. The molecule has 1 saturated carbocycles. The fraction of sp³-hybridized carbons (Fsp3) is 0.562. The summed E-state index contributed by atoms with van der Waals surface area (Å²) in [4.78, 5) is 1.96. The monoisotopic (exact) mass is 275 g/mol. The van der Waals surface area contributed by atoms with Gasteiger partial charge in [-0.3, -0.25) is 5.32 Å². The summed E-state index contributed by atoms with van der Waals surface area (Å²) in [5.41, 5.74) is 0.0146. The first-order valence-electron chi connectivity index (χ1n) is 7.32. The van der Waals surface area contributed by atoms with E-state index in [9.17, 15) is 9.65 Å². The highest BCUT2D eigenvalue weighted by atomic mass is 19.1. The number of para-hydroxylation sites is 1. The normalized spacial score (nSPS) is 17.3. The first kappa shape index (κ1) is 14.8. The third-order valence-corrected chi connectivity index (χ3v) is 3.98. The average molecular weight is 275 g/mol. The molecule has 4 heteroatoms. The SMILES string of the molecule is CCNC(C#N)(CN(CC)c1ccccc1F)C1CC1. The number of halogens is 1. The van der Waals surface area contributed by atoms with Gasteiger partial charge in [0, 0.05) is 13.1 Å². The number of hydrogen-bond acceptors (Lipinski definition) is 3. The molecular weight excluding hydrogens is 253 g/mol. The molecule has 0 bridgehead atoms. The highest BCUT2D eigenvalue weighted by Gasteiger charge is 2.46. The van der Waals surface area contributed by atoms with E-state index in [2.05, 4.69) is 11.4 Å². The molecule has 108 valence electrons. The number of anilines is 1. The van der Waals surface area contributed by atoms with E-state index in [0.29, 0.717) is 24.7 Å². The van der Waals surface area contributed by atoms with Crippen LogP contribution >= 0.6 is 0 Å². The molecule has 0 aromatic heterocycles. The second-order valence-electron chi connectivity index (χ2n) is 5.35. The van der Waals surface area contributed by atoms with Gasteiger partial charge in [0.2, 0.25) is 0 Å². The van der Waals surface area contributed by atoms with E-state index in [1.54, 1.807) is 12.1 Å². The van der Waals surface area contributed by atoms with E-state index in [1.165, 1.54) is 6.07 Å². The van der Waals surface area contributed by atoms with Crippen molar-refractivity contribution in [2.45, 2.75) is 32.2 Å². The van der Waals surface area contributed by atoms with Gasteiger partial charge in [-0.05, 0) is 44.4 Å². The molecule has 0 amide bonds. The van der Waals surface area contributed by atoms with Gasteiger partial charge in [-0.1, -0.05) is 19.1 Å². The Hall–Kier alpha value is -1.60. The Labute approximate surface area is 120 Å². The van der Waals surface area contributed by atoms with Crippen molar-refractivity contribution >= 4 is 5.69 Å². The molecule has 0 heterocycles. The molecule has 1 aliphatic carbocycles. The van der Waals surface area contributed by atoms with Crippen LogP contribution in [0.2, 0.25) is 0 Å². The van der Waals surface area contributed by atoms with Gasteiger partial charge in [-0.2, -0.15) is 5.26 Å². The van der Waals surface area contributed by atoms with Gasteiger partial charge in [-0.25, -0.2) is 4.39 Å². The maximum Gasteiger partial charge on any atom is 0.146 e. The second-order valence-corrected chi connectivity index (χ2v) is 5.35. The van der Waals surface area contributed by atoms with Crippen LogP contribution in [0.3, 0.4) is 0 Å². The lowest BCUT2D eigenvalue weighted by Gasteiger charge is -2.35. The van der Waals surface area contributed by atoms with Crippen molar-refractivity contribution in [2.24, 2.45) is 5.92 Å². The molecule has 3 nitrogen and oxygen atoms in total. The molecule has 1 aliphatic rings. The number of nitrogens with zero attached hydrogens (tertiary/aromatic N) is 2. The molecule has 0 saturated heterocycles. The van der Waals surface area contributed by atoms with Crippen LogP contribution in [-0.2, 0) is 0 Å². The average Bonchev–Trinajstić information content (AvgIpc) is 3.29. The minimum absolute atomic E-state index is 0.228. The Balaban J connectivity index is 2.24. The minimum Gasteiger partial charge on any atom is -0.367 e. The minimum atomic E-state index is -0.562. The van der Waals surface area contributed by atoms with Crippen molar-refractivity contribution in [2.75, 3.05) is 24.5 Å². The van der Waals surface area contributed by atoms with Crippen LogP contribution in [0.15, 0.2) is 24.3 Å². The Morgan fingerprint density at radius 3 is 2.60 bits per heavy atom. The van der Waals surface area contributed by atoms with Gasteiger partial charge < -0.3 is 4.90 Å². The smallest absolute Gasteiger partial charge is 0.146 e. The van der Waals surface area contributed by atoms with Crippen molar-refractivity contribution in [1.29, 1.82) is 5.26 Å². The van der Waals surface area contributed by atoms with Crippen LogP contribution in [0.4, 0.5) is 10.1 Å². The lowest BCUT2D eigenvalue weighted by Crippen LogP contribution is -2.54. The van der Waals surface area contributed by atoms with Crippen molar-refractivity contribution in [3.63, 3.8) is 0 Å². The number of hydrogen-bond donors (Lipinski definition) is 1. The summed E-state index contributed by atoms with van der Waals surface area (Å²) in [6, 6.07) is 9.23. The molecule has 2 rings (SSSR count). The third kappa shape index (κ3) is 2.94. The van der Waals surface area contributed by atoms with E-state index < -0.39 is 5.54 Å². The van der Waals surface area contributed by atoms with Gasteiger partial charge in [0.05, 0.1) is 11.8 Å². The largest absolute Gasteiger partial charge is 0.367 e. The molecule has 1 fully saturated rings. The standard InChI is InChI=1S/C16H22FN3/c1-3-19-16(11-18,13-9-10-13)12-20(4-2)15-8-6-5-7-14(15)17/h5-8,13,19H,3-4,9-10,12H2,1-2H3. The number of benzene rings is 1. The molecule has 1 N–H and O–H groups in total. The summed E-state index contributed by atoms with van der Waals surface area (Å²) < 4.78 is 14.0. The lowest BCUT2D eigenvalue weighted by molar-refractivity contribution is 0.372. The maximum absolute atomic E-state index is 14.0. The Kier molecular flexibility index (Phi) is 4.61. The van der Waals surface area contributed by atoms with Crippen molar-refractivity contribution in [3.05, 3.63) is 30.1 Å². The van der Waals surface area contributed by atoms with E-state index in [1.807, 2.05) is 24.8 Å². The topological polar surface area (TPSA) is 39.1 Å². The molecule has 1 unspecified atom stereocenters. The molecule has 1 aromatic rings. The summed E-state index contributed by atoms with van der Waals surface area (Å²) >= 11 is 0. The molecule has 20 heavy (non-hydrogen) atoms. The summed E-state index contributed by atoms with van der Waals surface area (Å²) in [5, 5.41) is 13.0. The Morgan fingerprint density at radius 2 is 2.10 bits per heavy atom. The summed E-state index contributed by atoms with van der Waals surface area (Å²) in [6.07, 6.45) is 2.16. The summed E-state index contributed by atoms with van der Waals surface area (Å²) in [5.74, 6) is 0.154. The zero-order valence-corrected chi connectivity index (χ0v) is 12.2. The van der Waals surface area contributed by atoms with Crippen LogP contribution < -0.4 is 10.2 Å². The van der Waals surface area contributed by atoms with E-state index in [-0.39, 0.29) is 5.82 Å². The molecular formula is C16H22FN3. The highest BCUT2D eigenvalue weighted by molar-refractivity contribution is 5.48. The lowest BCUT2D eigenvalue weighted by atomic mass is 9.93. The van der Waals surface area contributed by atoms with Crippen molar-refractivity contribution < 1.29 is 4.39 Å². The molecule has 0 spiro atoms. The van der Waals surface area contributed by atoms with Crippen LogP contribution in [-0.4, -0.2) is 25.2 Å². The number of rotatable bonds is 7. The zero-order chi connectivity index (χ0) is 14.6. The molecule has 0 radical (unpaired) electrons. The van der Waals surface area contributed by atoms with Crippen molar-refractivity contribution in [3.8, 4) is 6.07 Å². The first-order chi connectivity index (χ1) is 9.66. The zero-order valence-electron chi connectivity index (χ0n) is 12.2. The fourth-order valence-corrected chi connectivity index (χ4v) is 2.76. The molecule has 1 atom stereocenters. The summed E-state index contributed by atoms with van der Waals surface area (Å²) in [6.45, 7) is 5.96. The quantitative estimate of drug-likeness (QED) is 0.831. The Bertz CT molecular complexity index is 493. The molecule has 0 aliphatic heterocycles. The third-order valence-electron chi connectivity index (χ3n) is 3.98. The predicted molar refractivity (Wildman–Crippen MR) is 79.0 cm³/mol. The van der Waals surface area contributed by atoms with Crippen LogP contribution in [0.1, 0.15) is 26.7 Å². The van der Waals surface area contributed by atoms with Gasteiger partial charge in [-0.15, -0.1) is 0 Å². The number of likely N-dealkylation sites (N-methyl/N-ethyl adjacent to an activating group) is 2. The second kappa shape index (κ2) is 6.23. The van der Waals surface area contributed by atoms with Gasteiger partial charge >= 0.3 is 0 Å². The van der Waals surface area contributed by atoms with Gasteiger partial charge in [0.1, 0.15) is 11.4 Å². The van der Waals surface area contributed by atoms with Crippen LogP contribution in [0.25, 0.3) is 0 Å². The van der Waals surface area contributed by atoms with Crippen LogP contribution in [0.5, 0.6) is 0 Å². The predicted octanol–water partition coefficient (Wildman–Crippen LogP) is 2.93. The van der Waals surface area contributed by atoms with E-state index in [4.69, 9.17) is 0 Å². The van der Waals surface area contributed by atoms with Crippen LogP contribution in [0, 0.1) is 23.1 Å². The Morgan fingerprint density at radius 1 is 1.40 bits per heavy atom. The van der Waals surface area contributed by atoms with Crippen molar-refractivity contribution in [1.82, 2.24) is 5.32 Å². The highest BCUT2D eigenvalue weighted by Crippen LogP contribution is 2.40. The van der Waals surface area contributed by atoms with Gasteiger partial charge in [0.25, 0.3) is 0 Å². The van der Waals surface area contributed by atoms with E-state index in [0.717, 1.165) is 19.4 Å². The van der Waals surface area contributed by atoms with Gasteiger partial charge in [0.15, 0.2) is 0 Å². The maximum atomic E-state index is 14.0. The number of nitrogens with one attached hydrogen (secondary N) is 1. The van der Waals surface area contributed by atoms with E-state index >= 15 is 0 Å². The fourth-order valence-electron chi connectivity index (χ4n) is 2.76.